The Kier molecular flexibility index (Phi) is 4.19. The lowest BCUT2D eigenvalue weighted by molar-refractivity contribution is 0.317. The van der Waals surface area contributed by atoms with E-state index in [4.69, 9.17) is 18.9 Å². The van der Waals surface area contributed by atoms with E-state index >= 15 is 0 Å². The van der Waals surface area contributed by atoms with Crippen LogP contribution in [0.4, 0.5) is 0 Å². The minimum Gasteiger partial charge on any atom is -0.493 e. The molecule has 0 amide bonds. The summed E-state index contributed by atoms with van der Waals surface area (Å²) in [5.41, 5.74) is 0.791. The van der Waals surface area contributed by atoms with Gasteiger partial charge in [-0.2, -0.15) is 0 Å². The van der Waals surface area contributed by atoms with E-state index in [0.717, 1.165) is 10.0 Å². The number of halogens is 1. The summed E-state index contributed by atoms with van der Waals surface area (Å²) in [6.07, 6.45) is 0. The van der Waals surface area contributed by atoms with Gasteiger partial charge in [-0.1, -0.05) is 0 Å². The number of hydrogen-bond acceptors (Lipinski definition) is 5. The second-order valence-corrected chi connectivity index (χ2v) is 4.89. The summed E-state index contributed by atoms with van der Waals surface area (Å²) in [5.74, 6) is 2.25. The van der Waals surface area contributed by atoms with Gasteiger partial charge in [0.15, 0.2) is 11.5 Å². The second-order valence-electron chi connectivity index (χ2n) is 4.10. The van der Waals surface area contributed by atoms with Crippen molar-refractivity contribution in [1.82, 2.24) is 0 Å². The van der Waals surface area contributed by atoms with Crippen molar-refractivity contribution in [2.24, 2.45) is 4.99 Å². The standard InChI is InChI=1S/C13H16BrNO4/c1-7-6-19-13(15-7)8-5-9(16-2)11(17-3)12(18-4)10(8)14/h5,7H,6H2,1-4H3/t7-/m0/s1. The van der Waals surface area contributed by atoms with Gasteiger partial charge in [0, 0.05) is 0 Å². The molecule has 1 heterocycles. The summed E-state index contributed by atoms with van der Waals surface area (Å²) in [7, 11) is 4.72. The first kappa shape index (κ1) is 14.0. The predicted molar refractivity (Wildman–Crippen MR) is 75.7 cm³/mol. The van der Waals surface area contributed by atoms with Crippen molar-refractivity contribution in [3.05, 3.63) is 16.1 Å². The molecule has 0 aliphatic carbocycles. The van der Waals surface area contributed by atoms with Crippen LogP contribution in [0, 0.1) is 0 Å². The van der Waals surface area contributed by atoms with Gasteiger partial charge in [-0.05, 0) is 28.9 Å². The van der Waals surface area contributed by atoms with Gasteiger partial charge < -0.3 is 18.9 Å². The van der Waals surface area contributed by atoms with E-state index in [1.807, 2.05) is 13.0 Å². The molecule has 0 unspecified atom stereocenters. The van der Waals surface area contributed by atoms with Crippen molar-refractivity contribution in [3.8, 4) is 17.2 Å². The summed E-state index contributed by atoms with van der Waals surface area (Å²) in [6, 6.07) is 1.98. The van der Waals surface area contributed by atoms with Gasteiger partial charge in [-0.25, -0.2) is 4.99 Å². The lowest BCUT2D eigenvalue weighted by Crippen LogP contribution is -2.06. The molecule has 1 aliphatic rings. The minimum atomic E-state index is 0.154. The zero-order valence-corrected chi connectivity index (χ0v) is 12.9. The van der Waals surface area contributed by atoms with Crippen LogP contribution in [0.2, 0.25) is 0 Å². The second kappa shape index (κ2) is 5.69. The van der Waals surface area contributed by atoms with Gasteiger partial charge in [0.25, 0.3) is 0 Å². The van der Waals surface area contributed by atoms with Crippen molar-refractivity contribution in [2.45, 2.75) is 13.0 Å². The maximum atomic E-state index is 5.57. The molecule has 0 saturated carbocycles. The van der Waals surface area contributed by atoms with Gasteiger partial charge in [0.2, 0.25) is 11.6 Å². The highest BCUT2D eigenvalue weighted by Crippen LogP contribution is 2.45. The smallest absolute Gasteiger partial charge is 0.217 e. The molecule has 0 saturated heterocycles. The Hall–Kier alpha value is -1.43. The van der Waals surface area contributed by atoms with Crippen LogP contribution in [0.15, 0.2) is 15.5 Å². The van der Waals surface area contributed by atoms with E-state index in [1.54, 1.807) is 21.3 Å². The molecular formula is C13H16BrNO4. The number of benzene rings is 1. The quantitative estimate of drug-likeness (QED) is 0.852. The number of rotatable bonds is 4. The van der Waals surface area contributed by atoms with Gasteiger partial charge >= 0.3 is 0 Å². The summed E-state index contributed by atoms with van der Waals surface area (Å²) in [4.78, 5) is 4.44. The Labute approximate surface area is 120 Å². The Morgan fingerprint density at radius 1 is 1.21 bits per heavy atom. The molecule has 0 spiro atoms. The molecule has 0 N–H and O–H groups in total. The fourth-order valence-electron chi connectivity index (χ4n) is 1.90. The number of methoxy groups -OCH3 is 3. The van der Waals surface area contributed by atoms with E-state index in [2.05, 4.69) is 20.9 Å². The van der Waals surface area contributed by atoms with Crippen LogP contribution in [0.3, 0.4) is 0 Å². The summed E-state index contributed by atoms with van der Waals surface area (Å²) in [5, 5.41) is 0. The van der Waals surface area contributed by atoms with Gasteiger partial charge in [0.1, 0.15) is 6.61 Å². The van der Waals surface area contributed by atoms with E-state index in [9.17, 15) is 0 Å². The number of hydrogen-bond donors (Lipinski definition) is 0. The first-order valence-corrected chi connectivity index (χ1v) is 6.61. The average Bonchev–Trinajstić information content (AvgIpc) is 2.84. The summed E-state index contributed by atoms with van der Waals surface area (Å²) < 4.78 is 22.3. The van der Waals surface area contributed by atoms with Gasteiger partial charge in [0.05, 0.1) is 37.4 Å². The largest absolute Gasteiger partial charge is 0.493 e. The Morgan fingerprint density at radius 2 is 1.89 bits per heavy atom. The number of ether oxygens (including phenoxy) is 4. The van der Waals surface area contributed by atoms with Gasteiger partial charge in [-0.3, -0.25) is 0 Å². The van der Waals surface area contributed by atoms with Crippen molar-refractivity contribution in [3.63, 3.8) is 0 Å². The fraction of sp³-hybridized carbons (Fsp3) is 0.462. The molecule has 1 aliphatic heterocycles. The Morgan fingerprint density at radius 3 is 2.37 bits per heavy atom. The lowest BCUT2D eigenvalue weighted by atomic mass is 10.1. The third-order valence-electron chi connectivity index (χ3n) is 2.80. The summed E-state index contributed by atoms with van der Waals surface area (Å²) in [6.45, 7) is 2.58. The van der Waals surface area contributed by atoms with Crippen LogP contribution >= 0.6 is 15.9 Å². The normalized spacial score (nSPS) is 17.7. The molecule has 6 heteroatoms. The average molecular weight is 330 g/mol. The predicted octanol–water partition coefficient (Wildman–Crippen LogP) is 2.64. The van der Waals surface area contributed by atoms with Crippen molar-refractivity contribution in [2.75, 3.05) is 27.9 Å². The van der Waals surface area contributed by atoms with Crippen LogP contribution in [-0.2, 0) is 4.74 Å². The highest BCUT2D eigenvalue weighted by atomic mass is 79.9. The highest BCUT2D eigenvalue weighted by Gasteiger charge is 2.25. The highest BCUT2D eigenvalue weighted by molar-refractivity contribution is 9.10. The van der Waals surface area contributed by atoms with E-state index < -0.39 is 0 Å². The van der Waals surface area contributed by atoms with Crippen LogP contribution in [0.5, 0.6) is 17.2 Å². The molecule has 1 aromatic carbocycles. The lowest BCUT2D eigenvalue weighted by Gasteiger charge is -2.16. The Bertz CT molecular complexity index is 516. The molecule has 1 aromatic rings. The van der Waals surface area contributed by atoms with E-state index in [-0.39, 0.29) is 6.04 Å². The molecule has 0 bridgehead atoms. The zero-order chi connectivity index (χ0) is 14.0. The molecule has 0 radical (unpaired) electrons. The molecule has 5 nitrogen and oxygen atoms in total. The number of nitrogens with zero attached hydrogens (tertiary/aromatic N) is 1. The first-order valence-electron chi connectivity index (χ1n) is 5.81. The Balaban J connectivity index is 2.59. The molecule has 0 aromatic heterocycles. The maximum Gasteiger partial charge on any atom is 0.217 e. The zero-order valence-electron chi connectivity index (χ0n) is 11.3. The third kappa shape index (κ3) is 2.49. The SMILES string of the molecule is COc1cc(C2=N[C@@H](C)CO2)c(Br)c(OC)c1OC. The maximum absolute atomic E-state index is 5.57. The van der Waals surface area contributed by atoms with E-state index in [1.165, 1.54) is 0 Å². The monoisotopic (exact) mass is 329 g/mol. The van der Waals surface area contributed by atoms with Crippen LogP contribution in [-0.4, -0.2) is 39.9 Å². The molecule has 104 valence electrons. The van der Waals surface area contributed by atoms with E-state index in [0.29, 0.717) is 29.8 Å². The molecule has 19 heavy (non-hydrogen) atoms. The van der Waals surface area contributed by atoms with Crippen molar-refractivity contribution in [1.29, 1.82) is 0 Å². The molecule has 2 rings (SSSR count). The van der Waals surface area contributed by atoms with Gasteiger partial charge in [-0.15, -0.1) is 0 Å². The first-order chi connectivity index (χ1) is 9.12. The molecule has 1 atom stereocenters. The minimum absolute atomic E-state index is 0.154. The number of aliphatic imine (C=N–C) groups is 1. The van der Waals surface area contributed by atoms with Crippen molar-refractivity contribution >= 4 is 21.8 Å². The topological polar surface area (TPSA) is 49.3 Å². The molecular weight excluding hydrogens is 314 g/mol. The van der Waals surface area contributed by atoms with Crippen LogP contribution in [0.25, 0.3) is 0 Å². The fourth-order valence-corrected chi connectivity index (χ4v) is 2.52. The van der Waals surface area contributed by atoms with Crippen LogP contribution < -0.4 is 14.2 Å². The van der Waals surface area contributed by atoms with Crippen LogP contribution in [0.1, 0.15) is 12.5 Å². The third-order valence-corrected chi connectivity index (χ3v) is 3.59. The molecule has 0 fully saturated rings. The summed E-state index contributed by atoms with van der Waals surface area (Å²) >= 11 is 3.51. The van der Waals surface area contributed by atoms with Crippen molar-refractivity contribution < 1.29 is 18.9 Å².